The lowest BCUT2D eigenvalue weighted by Gasteiger charge is -2.10. The van der Waals surface area contributed by atoms with Gasteiger partial charge < -0.3 is 10.1 Å². The first-order valence-electron chi connectivity index (χ1n) is 5.99. The number of rotatable bonds is 6. The molecule has 0 fully saturated rings. The molecule has 0 aliphatic rings. The van der Waals surface area contributed by atoms with Crippen LogP contribution in [0.3, 0.4) is 0 Å². The fraction of sp³-hybridized carbons (Fsp3) is 0.250. The van der Waals surface area contributed by atoms with Gasteiger partial charge in [-0.05, 0) is 6.07 Å². The molecule has 1 amide bonds. The largest absolute Gasteiger partial charge is 0.471 e. The van der Waals surface area contributed by atoms with Gasteiger partial charge in [-0.15, -0.1) is 0 Å². The summed E-state index contributed by atoms with van der Waals surface area (Å²) in [5, 5.41) is 2.33. The Labute approximate surface area is 132 Å². The smallest absolute Gasteiger partial charge is 0.277 e. The summed E-state index contributed by atoms with van der Waals surface area (Å²) in [6, 6.07) is 3.16. The van der Waals surface area contributed by atoms with Gasteiger partial charge in [0.2, 0.25) is 5.88 Å². The number of carbonyl (C=O) groups is 1. The highest BCUT2D eigenvalue weighted by atomic mass is 35.5. The molecule has 0 aliphatic carbocycles. The number of halogens is 3. The maximum Gasteiger partial charge on any atom is 0.277 e. The number of nitrogens with zero attached hydrogens (tertiary/aromatic N) is 1. The molecule has 2 N–H and O–H groups in total. The van der Waals surface area contributed by atoms with Crippen LogP contribution < -0.4 is 15.6 Å². The third-order valence-electron chi connectivity index (χ3n) is 2.49. The summed E-state index contributed by atoms with van der Waals surface area (Å²) in [7, 11) is 0. The second kappa shape index (κ2) is 7.32. The van der Waals surface area contributed by atoms with Crippen molar-refractivity contribution < 1.29 is 18.3 Å². The predicted molar refractivity (Wildman–Crippen MR) is 76.9 cm³/mol. The number of amides is 1. The van der Waals surface area contributed by atoms with Crippen molar-refractivity contribution in [3.05, 3.63) is 44.1 Å². The number of aromatic amines is 1. The van der Waals surface area contributed by atoms with Crippen molar-refractivity contribution in [1.29, 1.82) is 0 Å². The van der Waals surface area contributed by atoms with E-state index in [0.717, 1.165) is 11.5 Å². The number of hydrogen-bond donors (Lipinski definition) is 2. The summed E-state index contributed by atoms with van der Waals surface area (Å²) < 4.78 is 31.5. The van der Waals surface area contributed by atoms with Crippen molar-refractivity contribution >= 4 is 29.0 Å². The van der Waals surface area contributed by atoms with E-state index >= 15 is 0 Å². The lowest BCUT2D eigenvalue weighted by molar-refractivity contribution is 0.0787. The number of pyridine rings is 1. The zero-order valence-corrected chi connectivity index (χ0v) is 12.5. The first kappa shape index (κ1) is 16.4. The summed E-state index contributed by atoms with van der Waals surface area (Å²) in [5.74, 6) is -0.548. The van der Waals surface area contributed by atoms with Gasteiger partial charge in [-0.2, -0.15) is 0 Å². The summed E-state index contributed by atoms with van der Waals surface area (Å²) in [5.41, 5.74) is -0.116. The van der Waals surface area contributed by atoms with Crippen LogP contribution in [0.2, 0.25) is 5.02 Å². The average molecular weight is 350 g/mol. The van der Waals surface area contributed by atoms with Crippen LogP contribution in [0, 0.1) is 0 Å². The second-order valence-electron chi connectivity index (χ2n) is 4.03. The molecule has 2 rings (SSSR count). The SMILES string of the molecule is O=C(NCc1cccnc1OCC(F)F)c1s[nH]c(=O)c1Cl. The van der Waals surface area contributed by atoms with E-state index in [4.69, 9.17) is 16.3 Å². The van der Waals surface area contributed by atoms with E-state index in [2.05, 4.69) is 14.7 Å². The summed E-state index contributed by atoms with van der Waals surface area (Å²) >= 11 is 6.50. The maximum absolute atomic E-state index is 12.2. The highest BCUT2D eigenvalue weighted by molar-refractivity contribution is 7.08. The quantitative estimate of drug-likeness (QED) is 0.836. The number of H-pyrrole nitrogens is 1. The number of ether oxygens (including phenoxy) is 1. The van der Waals surface area contributed by atoms with Crippen LogP contribution in [0.15, 0.2) is 23.1 Å². The van der Waals surface area contributed by atoms with Crippen molar-refractivity contribution in [2.45, 2.75) is 13.0 Å². The molecule has 0 unspecified atom stereocenters. The van der Waals surface area contributed by atoms with Gasteiger partial charge in [0.1, 0.15) is 9.90 Å². The summed E-state index contributed by atoms with van der Waals surface area (Å²) in [4.78, 5) is 27.0. The molecule has 0 spiro atoms. The van der Waals surface area contributed by atoms with Gasteiger partial charge in [0.25, 0.3) is 17.9 Å². The Kier molecular flexibility index (Phi) is 5.45. The molecular formula is C12H10ClF2N3O3S. The Morgan fingerprint density at radius 3 is 2.95 bits per heavy atom. The molecule has 0 saturated carbocycles. The molecule has 2 aromatic rings. The lowest BCUT2D eigenvalue weighted by atomic mass is 10.2. The van der Waals surface area contributed by atoms with Gasteiger partial charge in [-0.25, -0.2) is 13.8 Å². The van der Waals surface area contributed by atoms with Crippen LogP contribution in [0.25, 0.3) is 0 Å². The third-order valence-corrected chi connectivity index (χ3v) is 3.84. The standard InChI is InChI=1S/C12H10ClF2N3O3S/c13-8-9(22-18-10(8)19)11(20)17-4-6-2-1-3-16-12(6)21-5-7(14)15/h1-3,7H,4-5H2,(H,17,20)(H,18,19). The first-order chi connectivity index (χ1) is 10.5. The molecule has 2 heterocycles. The van der Waals surface area contributed by atoms with Gasteiger partial charge >= 0.3 is 0 Å². The number of aromatic nitrogens is 2. The molecule has 0 saturated heterocycles. The number of nitrogens with one attached hydrogen (secondary N) is 2. The molecule has 0 atom stereocenters. The Hall–Kier alpha value is -2.00. The third kappa shape index (κ3) is 4.01. The van der Waals surface area contributed by atoms with Gasteiger partial charge in [0, 0.05) is 18.3 Å². The molecular weight excluding hydrogens is 340 g/mol. The highest BCUT2D eigenvalue weighted by Gasteiger charge is 2.16. The highest BCUT2D eigenvalue weighted by Crippen LogP contribution is 2.17. The van der Waals surface area contributed by atoms with E-state index in [9.17, 15) is 18.4 Å². The summed E-state index contributed by atoms with van der Waals surface area (Å²) in [6.07, 6.45) is -1.23. The van der Waals surface area contributed by atoms with Crippen LogP contribution in [-0.4, -0.2) is 28.3 Å². The fourth-order valence-corrected chi connectivity index (χ4v) is 2.47. The molecule has 0 aromatic carbocycles. The van der Waals surface area contributed by atoms with Gasteiger partial charge in [0.05, 0.1) is 0 Å². The van der Waals surface area contributed by atoms with Gasteiger partial charge in [0.15, 0.2) is 6.61 Å². The molecule has 0 aliphatic heterocycles. The van der Waals surface area contributed by atoms with E-state index in [1.54, 1.807) is 12.1 Å². The topological polar surface area (TPSA) is 84.1 Å². The lowest BCUT2D eigenvalue weighted by Crippen LogP contribution is -2.23. The van der Waals surface area contributed by atoms with E-state index in [-0.39, 0.29) is 22.3 Å². The van der Waals surface area contributed by atoms with E-state index < -0.39 is 24.5 Å². The average Bonchev–Trinajstić information content (AvgIpc) is 2.83. The zero-order chi connectivity index (χ0) is 16.1. The summed E-state index contributed by atoms with van der Waals surface area (Å²) in [6.45, 7) is -0.795. The molecule has 22 heavy (non-hydrogen) atoms. The number of carbonyl (C=O) groups excluding carboxylic acids is 1. The molecule has 10 heteroatoms. The number of hydrogen-bond acceptors (Lipinski definition) is 5. The minimum atomic E-state index is -2.62. The zero-order valence-electron chi connectivity index (χ0n) is 10.9. The fourth-order valence-electron chi connectivity index (χ4n) is 1.52. The van der Waals surface area contributed by atoms with E-state index in [1.807, 2.05) is 0 Å². The van der Waals surface area contributed by atoms with Crippen LogP contribution >= 0.6 is 23.1 Å². The van der Waals surface area contributed by atoms with Crippen LogP contribution in [0.1, 0.15) is 15.2 Å². The monoisotopic (exact) mass is 349 g/mol. The Bertz CT molecular complexity index is 720. The van der Waals surface area contributed by atoms with Crippen molar-refractivity contribution in [2.75, 3.05) is 6.61 Å². The normalized spacial score (nSPS) is 10.7. The predicted octanol–water partition coefficient (Wildman–Crippen LogP) is 2.06. The Morgan fingerprint density at radius 2 is 2.32 bits per heavy atom. The van der Waals surface area contributed by atoms with Crippen molar-refractivity contribution in [3.8, 4) is 5.88 Å². The first-order valence-corrected chi connectivity index (χ1v) is 7.18. The van der Waals surface area contributed by atoms with Crippen molar-refractivity contribution in [3.63, 3.8) is 0 Å². The molecule has 118 valence electrons. The Morgan fingerprint density at radius 1 is 1.55 bits per heavy atom. The molecule has 0 bridgehead atoms. The van der Waals surface area contributed by atoms with Crippen LogP contribution in [0.5, 0.6) is 5.88 Å². The van der Waals surface area contributed by atoms with Crippen molar-refractivity contribution in [2.24, 2.45) is 0 Å². The Balaban J connectivity index is 2.03. The van der Waals surface area contributed by atoms with Crippen molar-refractivity contribution in [1.82, 2.24) is 14.7 Å². The van der Waals surface area contributed by atoms with Crippen LogP contribution in [-0.2, 0) is 6.54 Å². The molecule has 2 aromatic heterocycles. The van der Waals surface area contributed by atoms with Crippen LogP contribution in [0.4, 0.5) is 8.78 Å². The minimum absolute atomic E-state index is 0.00629. The molecule has 6 nitrogen and oxygen atoms in total. The maximum atomic E-state index is 12.2. The second-order valence-corrected chi connectivity index (χ2v) is 5.22. The molecule has 0 radical (unpaired) electrons. The van der Waals surface area contributed by atoms with E-state index in [0.29, 0.717) is 5.56 Å². The number of alkyl halides is 2. The van der Waals surface area contributed by atoms with Gasteiger partial charge in [-0.3, -0.25) is 14.0 Å². The van der Waals surface area contributed by atoms with Gasteiger partial charge in [-0.1, -0.05) is 29.2 Å². The van der Waals surface area contributed by atoms with E-state index in [1.165, 1.54) is 6.20 Å². The minimum Gasteiger partial charge on any atom is -0.471 e.